The van der Waals surface area contributed by atoms with Gasteiger partial charge in [0.15, 0.2) is 5.69 Å². The van der Waals surface area contributed by atoms with E-state index in [4.69, 9.17) is 5.11 Å². The van der Waals surface area contributed by atoms with E-state index in [1.165, 1.54) is 16.7 Å². The van der Waals surface area contributed by atoms with Crippen LogP contribution >= 0.6 is 11.3 Å². The van der Waals surface area contributed by atoms with Crippen molar-refractivity contribution in [1.29, 1.82) is 0 Å². The molecule has 0 aromatic carbocycles. The Bertz CT molecular complexity index is 490. The third-order valence-corrected chi connectivity index (χ3v) is 4.12. The highest BCUT2D eigenvalue weighted by Gasteiger charge is 2.15. The van der Waals surface area contributed by atoms with Gasteiger partial charge in [-0.15, -0.1) is 11.3 Å². The van der Waals surface area contributed by atoms with Gasteiger partial charge in [-0.1, -0.05) is 0 Å². The van der Waals surface area contributed by atoms with E-state index < -0.39 is 5.97 Å². The molecule has 8 heteroatoms. The minimum absolute atomic E-state index is 0.00242. The molecule has 1 aromatic rings. The lowest BCUT2D eigenvalue weighted by Gasteiger charge is -2.21. The summed E-state index contributed by atoms with van der Waals surface area (Å²) in [5.74, 6) is -1.06. The molecule has 1 aromatic heterocycles. The summed E-state index contributed by atoms with van der Waals surface area (Å²) in [6, 6.07) is -0.184. The first kappa shape index (κ1) is 17.4. The van der Waals surface area contributed by atoms with Crippen molar-refractivity contribution in [2.24, 2.45) is 0 Å². The Hall–Kier alpha value is -1.67. The van der Waals surface area contributed by atoms with E-state index in [9.17, 15) is 9.59 Å². The molecule has 21 heavy (non-hydrogen) atoms. The second kappa shape index (κ2) is 7.94. The van der Waals surface area contributed by atoms with Gasteiger partial charge < -0.3 is 20.6 Å². The molecule has 2 amide bonds. The molecule has 0 saturated carbocycles. The van der Waals surface area contributed by atoms with Gasteiger partial charge in [-0.2, -0.15) is 0 Å². The normalized spacial score (nSPS) is 12.5. The highest BCUT2D eigenvalue weighted by molar-refractivity contribution is 7.09. The largest absolute Gasteiger partial charge is 0.476 e. The number of carboxylic acid groups (broad SMARTS) is 1. The predicted octanol–water partition coefficient (Wildman–Crippen LogP) is 1.54. The van der Waals surface area contributed by atoms with Gasteiger partial charge in [0.1, 0.15) is 5.01 Å². The predicted molar refractivity (Wildman–Crippen MR) is 81.8 cm³/mol. The zero-order chi connectivity index (χ0) is 16.0. The third-order valence-electron chi connectivity index (χ3n) is 3.09. The molecule has 0 aliphatic carbocycles. The number of hydrogen-bond acceptors (Lipinski definition) is 5. The van der Waals surface area contributed by atoms with Crippen LogP contribution in [0.15, 0.2) is 5.38 Å². The zero-order valence-electron chi connectivity index (χ0n) is 12.7. The van der Waals surface area contributed by atoms with Crippen molar-refractivity contribution in [3.8, 4) is 0 Å². The first-order valence-electron chi connectivity index (χ1n) is 6.74. The molecular formula is C13H22N4O3S. The Labute approximate surface area is 128 Å². The number of urea groups is 1. The van der Waals surface area contributed by atoms with Crippen LogP contribution in [0.4, 0.5) is 4.79 Å². The molecule has 118 valence electrons. The smallest absolute Gasteiger partial charge is 0.355 e. The standard InChI is InChI=1S/C13H22N4O3S/c1-8(2)17(4)6-5-14-13(20)15-9(3)11-16-10(7-21-11)12(18)19/h7-9H,5-6H2,1-4H3,(H,18,19)(H2,14,15,20). The van der Waals surface area contributed by atoms with Gasteiger partial charge in [-0.25, -0.2) is 14.6 Å². The number of aromatic nitrogens is 1. The van der Waals surface area contributed by atoms with Crippen molar-refractivity contribution in [2.75, 3.05) is 20.1 Å². The van der Waals surface area contributed by atoms with E-state index in [0.717, 1.165) is 6.54 Å². The van der Waals surface area contributed by atoms with Crippen LogP contribution in [0, 0.1) is 0 Å². The van der Waals surface area contributed by atoms with Gasteiger partial charge in [-0.3, -0.25) is 0 Å². The minimum Gasteiger partial charge on any atom is -0.476 e. The first-order valence-corrected chi connectivity index (χ1v) is 7.62. The molecule has 0 bridgehead atoms. The molecule has 0 aliphatic heterocycles. The molecule has 0 saturated heterocycles. The van der Waals surface area contributed by atoms with Crippen LogP contribution in [0.2, 0.25) is 0 Å². The SMILES string of the molecule is CC(NC(=O)NCCN(C)C(C)C)c1nc(C(=O)O)cs1. The summed E-state index contributed by atoms with van der Waals surface area (Å²) in [6.45, 7) is 7.25. The number of carbonyl (C=O) groups excluding carboxylic acids is 1. The molecule has 0 spiro atoms. The second-order valence-corrected chi connectivity index (χ2v) is 5.96. The van der Waals surface area contributed by atoms with E-state index in [2.05, 4.69) is 34.4 Å². The van der Waals surface area contributed by atoms with Gasteiger partial charge >= 0.3 is 12.0 Å². The van der Waals surface area contributed by atoms with Crippen molar-refractivity contribution in [1.82, 2.24) is 20.5 Å². The monoisotopic (exact) mass is 314 g/mol. The summed E-state index contributed by atoms with van der Waals surface area (Å²) < 4.78 is 0. The molecule has 1 rings (SSSR count). The molecule has 0 fully saturated rings. The zero-order valence-corrected chi connectivity index (χ0v) is 13.5. The molecule has 3 N–H and O–H groups in total. The number of carbonyl (C=O) groups is 2. The first-order chi connectivity index (χ1) is 9.81. The van der Waals surface area contributed by atoms with E-state index >= 15 is 0 Å². The van der Waals surface area contributed by atoms with Crippen LogP contribution in [-0.4, -0.2) is 53.2 Å². The van der Waals surface area contributed by atoms with Gasteiger partial charge in [0.2, 0.25) is 0 Å². The molecule has 1 unspecified atom stereocenters. The lowest BCUT2D eigenvalue weighted by molar-refractivity contribution is 0.0691. The molecule has 7 nitrogen and oxygen atoms in total. The van der Waals surface area contributed by atoms with E-state index in [1.54, 1.807) is 6.92 Å². The number of hydrogen-bond donors (Lipinski definition) is 3. The summed E-state index contributed by atoms with van der Waals surface area (Å²) in [5, 5.41) is 16.4. The van der Waals surface area contributed by atoms with E-state index in [1.807, 2.05) is 7.05 Å². The topological polar surface area (TPSA) is 94.6 Å². The van der Waals surface area contributed by atoms with Gasteiger partial charge in [0, 0.05) is 24.5 Å². The Morgan fingerprint density at radius 1 is 1.43 bits per heavy atom. The van der Waals surface area contributed by atoms with Crippen LogP contribution in [0.3, 0.4) is 0 Å². The number of rotatable bonds is 7. The highest BCUT2D eigenvalue weighted by atomic mass is 32.1. The summed E-state index contributed by atoms with van der Waals surface area (Å²) in [4.78, 5) is 28.6. The highest BCUT2D eigenvalue weighted by Crippen LogP contribution is 2.17. The fourth-order valence-corrected chi connectivity index (χ4v) is 2.30. The molecule has 0 aliphatic rings. The number of likely N-dealkylation sites (N-methyl/N-ethyl adjacent to an activating group) is 1. The summed E-state index contributed by atoms with van der Waals surface area (Å²) in [7, 11) is 2.00. The van der Waals surface area contributed by atoms with Crippen molar-refractivity contribution in [3.63, 3.8) is 0 Å². The third kappa shape index (κ3) is 5.68. The number of nitrogens with zero attached hydrogens (tertiary/aromatic N) is 2. The number of nitrogens with one attached hydrogen (secondary N) is 2. The fraction of sp³-hybridized carbons (Fsp3) is 0.615. The van der Waals surface area contributed by atoms with Gasteiger partial charge in [-0.05, 0) is 27.8 Å². The van der Waals surface area contributed by atoms with E-state index in [-0.39, 0.29) is 17.8 Å². The van der Waals surface area contributed by atoms with Gasteiger partial charge in [0.25, 0.3) is 0 Å². The molecular weight excluding hydrogens is 292 g/mol. The van der Waals surface area contributed by atoms with Gasteiger partial charge in [0.05, 0.1) is 6.04 Å². The van der Waals surface area contributed by atoms with E-state index in [0.29, 0.717) is 17.6 Å². The fourth-order valence-electron chi connectivity index (χ4n) is 1.50. The van der Waals surface area contributed by atoms with Crippen LogP contribution < -0.4 is 10.6 Å². The Morgan fingerprint density at radius 3 is 2.62 bits per heavy atom. The maximum atomic E-state index is 11.7. The minimum atomic E-state index is -1.06. The summed E-state index contributed by atoms with van der Waals surface area (Å²) in [6.07, 6.45) is 0. The van der Waals surface area contributed by atoms with Crippen molar-refractivity contribution in [3.05, 3.63) is 16.1 Å². The average Bonchev–Trinajstić information content (AvgIpc) is 2.88. The number of aromatic carboxylic acids is 1. The maximum absolute atomic E-state index is 11.7. The number of carboxylic acids is 1. The van der Waals surface area contributed by atoms with Crippen molar-refractivity contribution >= 4 is 23.3 Å². The summed E-state index contributed by atoms with van der Waals surface area (Å²) >= 11 is 1.22. The maximum Gasteiger partial charge on any atom is 0.355 e. The van der Waals surface area contributed by atoms with Crippen LogP contribution in [0.5, 0.6) is 0 Å². The van der Waals surface area contributed by atoms with Crippen molar-refractivity contribution < 1.29 is 14.7 Å². The molecule has 0 radical (unpaired) electrons. The lowest BCUT2D eigenvalue weighted by Crippen LogP contribution is -2.41. The average molecular weight is 314 g/mol. The summed E-state index contributed by atoms with van der Waals surface area (Å²) in [5.41, 5.74) is 0.00242. The van der Waals surface area contributed by atoms with Crippen molar-refractivity contribution in [2.45, 2.75) is 32.9 Å². The molecule has 1 heterocycles. The number of amides is 2. The Kier molecular flexibility index (Phi) is 6.57. The Morgan fingerprint density at radius 2 is 2.10 bits per heavy atom. The lowest BCUT2D eigenvalue weighted by atomic mass is 10.3. The van der Waals surface area contributed by atoms with Crippen LogP contribution in [0.25, 0.3) is 0 Å². The number of thiazole rings is 1. The Balaban J connectivity index is 2.38. The van der Waals surface area contributed by atoms with Crippen LogP contribution in [-0.2, 0) is 0 Å². The molecule has 1 atom stereocenters. The quantitative estimate of drug-likeness (QED) is 0.709. The van der Waals surface area contributed by atoms with Crippen LogP contribution in [0.1, 0.15) is 42.3 Å². The second-order valence-electron chi connectivity index (χ2n) is 5.07.